The normalized spacial score (nSPS) is 25.6. The summed E-state index contributed by atoms with van der Waals surface area (Å²) in [5.74, 6) is 1.33. The first-order valence-electron chi connectivity index (χ1n) is 8.41. The highest BCUT2D eigenvalue weighted by molar-refractivity contribution is 7.99. The Bertz CT molecular complexity index is 720. The molecule has 24 heavy (non-hydrogen) atoms. The van der Waals surface area contributed by atoms with E-state index in [-0.39, 0.29) is 5.91 Å². The number of nitrogens with one attached hydrogen (secondary N) is 1. The average Bonchev–Trinajstić information content (AvgIpc) is 3.01. The van der Waals surface area contributed by atoms with Crippen molar-refractivity contribution in [3.8, 4) is 0 Å². The number of piperidine rings is 3. The molecule has 3 aliphatic heterocycles. The molecule has 5 rings (SSSR count). The lowest BCUT2D eigenvalue weighted by atomic mass is 9.84. The first-order chi connectivity index (χ1) is 11.7. The zero-order valence-corrected chi connectivity index (χ0v) is 14.5. The van der Waals surface area contributed by atoms with Gasteiger partial charge in [0.05, 0.1) is 6.20 Å². The molecule has 0 radical (unpaired) electrons. The summed E-state index contributed by atoms with van der Waals surface area (Å²) in [4.78, 5) is 20.1. The van der Waals surface area contributed by atoms with Crippen molar-refractivity contribution in [2.45, 2.75) is 35.8 Å². The molecule has 3 fully saturated rings. The van der Waals surface area contributed by atoms with Gasteiger partial charge in [0.25, 0.3) is 5.91 Å². The number of amides is 1. The SMILES string of the molecule is Cc1ncc(Sc2ccc(C(=O)NC3CN4CCC3CC4)cc2)o1. The van der Waals surface area contributed by atoms with Crippen molar-refractivity contribution >= 4 is 17.7 Å². The molecule has 1 amide bonds. The van der Waals surface area contributed by atoms with E-state index in [1.54, 1.807) is 6.20 Å². The van der Waals surface area contributed by atoms with Crippen LogP contribution < -0.4 is 5.32 Å². The molecule has 1 atom stereocenters. The fourth-order valence-corrected chi connectivity index (χ4v) is 4.33. The van der Waals surface area contributed by atoms with Crippen LogP contribution in [0.15, 0.2) is 44.9 Å². The van der Waals surface area contributed by atoms with Gasteiger partial charge < -0.3 is 14.6 Å². The van der Waals surface area contributed by atoms with E-state index in [0.29, 0.717) is 23.4 Å². The van der Waals surface area contributed by atoms with Gasteiger partial charge in [0, 0.05) is 30.0 Å². The summed E-state index contributed by atoms with van der Waals surface area (Å²) in [7, 11) is 0. The van der Waals surface area contributed by atoms with Crippen molar-refractivity contribution in [3.63, 3.8) is 0 Å². The standard InChI is InChI=1S/C18H21N3O2S/c1-12-19-10-17(23-12)24-15-4-2-14(3-5-15)18(22)20-16-11-21-8-6-13(16)7-9-21/h2-5,10,13,16H,6-9,11H2,1H3,(H,20,22). The van der Waals surface area contributed by atoms with Gasteiger partial charge in [-0.1, -0.05) is 11.8 Å². The number of oxazole rings is 1. The molecule has 3 saturated heterocycles. The van der Waals surface area contributed by atoms with Crippen molar-refractivity contribution in [1.82, 2.24) is 15.2 Å². The first-order valence-corrected chi connectivity index (χ1v) is 9.22. The Hall–Kier alpha value is -1.79. The van der Waals surface area contributed by atoms with E-state index in [2.05, 4.69) is 15.2 Å². The number of hydrogen-bond acceptors (Lipinski definition) is 5. The number of fused-ring (bicyclic) bond motifs is 3. The maximum Gasteiger partial charge on any atom is 0.251 e. The zero-order valence-electron chi connectivity index (χ0n) is 13.7. The van der Waals surface area contributed by atoms with Crippen LogP contribution in [-0.2, 0) is 0 Å². The van der Waals surface area contributed by atoms with Crippen LogP contribution >= 0.6 is 11.8 Å². The molecule has 1 aromatic carbocycles. The molecule has 126 valence electrons. The fraction of sp³-hybridized carbons (Fsp3) is 0.444. The lowest BCUT2D eigenvalue weighted by molar-refractivity contribution is 0.0620. The monoisotopic (exact) mass is 343 g/mol. The first kappa shape index (κ1) is 15.7. The highest BCUT2D eigenvalue weighted by Crippen LogP contribution is 2.29. The molecule has 6 heteroatoms. The molecule has 1 aromatic heterocycles. The van der Waals surface area contributed by atoms with Gasteiger partial charge in [-0.3, -0.25) is 4.79 Å². The van der Waals surface area contributed by atoms with Crippen LogP contribution in [0.2, 0.25) is 0 Å². The van der Waals surface area contributed by atoms with E-state index in [1.165, 1.54) is 37.7 Å². The molecular formula is C18H21N3O2S. The number of carbonyl (C=O) groups excluding carboxylic acids is 1. The lowest BCUT2D eigenvalue weighted by Crippen LogP contribution is -2.57. The second-order valence-electron chi connectivity index (χ2n) is 6.54. The third-order valence-electron chi connectivity index (χ3n) is 4.91. The third-order valence-corrected chi connectivity index (χ3v) is 5.81. The van der Waals surface area contributed by atoms with Crippen LogP contribution in [0, 0.1) is 12.8 Å². The van der Waals surface area contributed by atoms with E-state index in [1.807, 2.05) is 31.2 Å². The van der Waals surface area contributed by atoms with Gasteiger partial charge in [0.1, 0.15) is 0 Å². The summed E-state index contributed by atoms with van der Waals surface area (Å²) < 4.78 is 5.46. The second-order valence-corrected chi connectivity index (χ2v) is 7.62. The number of hydrogen-bond donors (Lipinski definition) is 1. The van der Waals surface area contributed by atoms with Gasteiger partial charge in [0.15, 0.2) is 11.0 Å². The molecule has 3 aliphatic rings. The maximum absolute atomic E-state index is 12.5. The average molecular weight is 343 g/mol. The third kappa shape index (κ3) is 3.35. The minimum absolute atomic E-state index is 0.0285. The van der Waals surface area contributed by atoms with Crippen molar-refractivity contribution in [2.24, 2.45) is 5.92 Å². The van der Waals surface area contributed by atoms with Gasteiger partial charge in [-0.15, -0.1) is 0 Å². The summed E-state index contributed by atoms with van der Waals surface area (Å²) in [6.07, 6.45) is 4.13. The van der Waals surface area contributed by atoms with Gasteiger partial charge in [-0.25, -0.2) is 4.98 Å². The number of rotatable bonds is 4. The molecule has 0 saturated carbocycles. The summed E-state index contributed by atoms with van der Waals surface area (Å²) in [5.41, 5.74) is 0.713. The molecule has 1 unspecified atom stereocenters. The number of aryl methyl sites for hydroxylation is 1. The van der Waals surface area contributed by atoms with Gasteiger partial charge in [-0.05, 0) is 56.1 Å². The molecule has 0 spiro atoms. The second kappa shape index (κ2) is 6.61. The van der Waals surface area contributed by atoms with E-state index in [4.69, 9.17) is 4.42 Å². The van der Waals surface area contributed by atoms with Crippen LogP contribution in [-0.4, -0.2) is 41.5 Å². The highest BCUT2D eigenvalue weighted by Gasteiger charge is 2.34. The summed E-state index contributed by atoms with van der Waals surface area (Å²) in [5, 5.41) is 3.98. The Balaban J connectivity index is 1.38. The van der Waals surface area contributed by atoms with E-state index in [9.17, 15) is 4.79 Å². The van der Waals surface area contributed by atoms with Crippen molar-refractivity contribution in [3.05, 3.63) is 41.9 Å². The Morgan fingerprint density at radius 3 is 2.62 bits per heavy atom. The molecule has 0 aliphatic carbocycles. The topological polar surface area (TPSA) is 58.4 Å². The lowest BCUT2D eigenvalue weighted by Gasteiger charge is -2.44. The van der Waals surface area contributed by atoms with Gasteiger partial charge >= 0.3 is 0 Å². The van der Waals surface area contributed by atoms with Crippen molar-refractivity contribution in [1.29, 1.82) is 0 Å². The Morgan fingerprint density at radius 2 is 2.04 bits per heavy atom. The predicted molar refractivity (Wildman–Crippen MR) is 92.2 cm³/mol. The number of aromatic nitrogens is 1. The summed E-state index contributed by atoms with van der Waals surface area (Å²) >= 11 is 1.51. The van der Waals surface area contributed by atoms with Crippen LogP contribution in [0.5, 0.6) is 0 Å². The van der Waals surface area contributed by atoms with Crippen LogP contribution in [0.25, 0.3) is 0 Å². The van der Waals surface area contributed by atoms with Crippen LogP contribution in [0.1, 0.15) is 29.1 Å². The predicted octanol–water partition coefficient (Wildman–Crippen LogP) is 2.96. The van der Waals surface area contributed by atoms with Crippen LogP contribution in [0.4, 0.5) is 0 Å². The fourth-order valence-electron chi connectivity index (χ4n) is 3.56. The summed E-state index contributed by atoms with van der Waals surface area (Å²) in [6.45, 7) is 5.19. The molecule has 2 bridgehead atoms. The molecule has 4 heterocycles. The molecular weight excluding hydrogens is 322 g/mol. The largest absolute Gasteiger partial charge is 0.434 e. The smallest absolute Gasteiger partial charge is 0.251 e. The highest BCUT2D eigenvalue weighted by atomic mass is 32.2. The summed E-state index contributed by atoms with van der Waals surface area (Å²) in [6, 6.07) is 7.96. The minimum Gasteiger partial charge on any atom is -0.434 e. The Kier molecular flexibility index (Phi) is 4.33. The number of nitrogens with zero attached hydrogens (tertiary/aromatic N) is 2. The van der Waals surface area contributed by atoms with E-state index in [0.717, 1.165) is 16.5 Å². The quantitative estimate of drug-likeness (QED) is 0.925. The Morgan fingerprint density at radius 1 is 1.29 bits per heavy atom. The van der Waals surface area contributed by atoms with E-state index >= 15 is 0 Å². The van der Waals surface area contributed by atoms with Gasteiger partial charge in [0.2, 0.25) is 0 Å². The molecule has 1 N–H and O–H groups in total. The van der Waals surface area contributed by atoms with Crippen molar-refractivity contribution < 1.29 is 9.21 Å². The van der Waals surface area contributed by atoms with E-state index < -0.39 is 0 Å². The number of carbonyl (C=O) groups is 1. The Labute approximate surface area is 145 Å². The van der Waals surface area contributed by atoms with Gasteiger partial charge in [-0.2, -0.15) is 0 Å². The molecule has 5 nitrogen and oxygen atoms in total. The zero-order chi connectivity index (χ0) is 16.5. The maximum atomic E-state index is 12.5. The molecule has 2 aromatic rings. The van der Waals surface area contributed by atoms with Crippen LogP contribution in [0.3, 0.4) is 0 Å². The number of benzene rings is 1. The minimum atomic E-state index is 0.0285. The van der Waals surface area contributed by atoms with Crippen molar-refractivity contribution in [2.75, 3.05) is 19.6 Å².